The molecule has 0 unspecified atom stereocenters. The largest absolute Gasteiger partial charge is 0.478 e. The summed E-state index contributed by atoms with van der Waals surface area (Å²) >= 11 is 0. The molecule has 3 heteroatoms. The van der Waals surface area contributed by atoms with Crippen molar-refractivity contribution in [2.24, 2.45) is 6.98 Å². The Balaban J connectivity index is 2.76. The van der Waals surface area contributed by atoms with E-state index in [0.29, 0.717) is 10.9 Å². The van der Waals surface area contributed by atoms with Crippen LogP contribution < -0.4 is 0 Å². The lowest BCUT2D eigenvalue weighted by Gasteiger charge is -1.98. The maximum atomic E-state index is 10.9. The van der Waals surface area contributed by atoms with Crippen LogP contribution in [0.2, 0.25) is 0 Å². The van der Waals surface area contributed by atoms with E-state index >= 15 is 0 Å². The van der Waals surface area contributed by atoms with Gasteiger partial charge in [0, 0.05) is 28.2 Å². The number of carboxylic acids is 1. The highest BCUT2D eigenvalue weighted by molar-refractivity contribution is 6.02. The van der Waals surface area contributed by atoms with Gasteiger partial charge in [0.25, 0.3) is 0 Å². The molecule has 0 saturated heterocycles. The molecule has 0 aliphatic carbocycles. The van der Waals surface area contributed by atoms with Gasteiger partial charge < -0.3 is 9.67 Å². The van der Waals surface area contributed by atoms with E-state index in [4.69, 9.17) is 9.22 Å². The van der Waals surface area contributed by atoms with Gasteiger partial charge >= 0.3 is 5.97 Å². The Morgan fingerprint density at radius 3 is 3.08 bits per heavy atom. The van der Waals surface area contributed by atoms with Gasteiger partial charge in [0.2, 0.25) is 0 Å². The molecule has 0 atom stereocenters. The van der Waals surface area contributed by atoms with Crippen LogP contribution in [0.3, 0.4) is 0 Å². The zero-order chi connectivity index (χ0) is 11.9. The number of hydrogen-bond donors (Lipinski definition) is 1. The minimum Gasteiger partial charge on any atom is -0.478 e. The van der Waals surface area contributed by atoms with E-state index < -0.39 is 12.9 Å². The van der Waals surface area contributed by atoms with Crippen molar-refractivity contribution >= 4 is 16.9 Å². The molecule has 0 spiro atoms. The molecule has 0 saturated carbocycles. The fraction of sp³-hybridized carbons (Fsp3) is 0.100. The summed E-state index contributed by atoms with van der Waals surface area (Å²) in [6, 6.07) is 6.09. The maximum absolute atomic E-state index is 10.9. The first-order valence-corrected chi connectivity index (χ1v) is 3.75. The minimum atomic E-state index is -2.29. The molecule has 2 rings (SSSR count). The number of rotatable bonds is 1. The van der Waals surface area contributed by atoms with Crippen molar-refractivity contribution in [1.29, 1.82) is 0 Å². The first-order valence-electron chi connectivity index (χ1n) is 5.25. The SMILES string of the molecule is [2H]C([2H])([2H])n1ccc2c(C(=O)O)cccc21. The van der Waals surface area contributed by atoms with E-state index in [1.807, 2.05) is 0 Å². The first kappa shape index (κ1) is 5.07. The Bertz CT molecular complexity index is 557. The normalized spacial score (nSPS) is 14.9. The van der Waals surface area contributed by atoms with Crippen LogP contribution in [0, 0.1) is 0 Å². The highest BCUT2D eigenvalue weighted by Gasteiger charge is 2.08. The van der Waals surface area contributed by atoms with E-state index in [1.165, 1.54) is 24.4 Å². The molecule has 0 bridgehead atoms. The predicted molar refractivity (Wildman–Crippen MR) is 49.9 cm³/mol. The van der Waals surface area contributed by atoms with E-state index in [-0.39, 0.29) is 5.56 Å². The molecular formula is C10H9NO2. The summed E-state index contributed by atoms with van der Waals surface area (Å²) in [5.74, 6) is -1.06. The lowest BCUT2D eigenvalue weighted by molar-refractivity contribution is 0.0699. The zero-order valence-corrected chi connectivity index (χ0v) is 6.69. The van der Waals surface area contributed by atoms with Crippen molar-refractivity contribution in [3.8, 4) is 0 Å². The molecule has 1 aromatic carbocycles. The fourth-order valence-electron chi connectivity index (χ4n) is 1.35. The van der Waals surface area contributed by atoms with Crippen molar-refractivity contribution < 1.29 is 14.0 Å². The molecule has 0 radical (unpaired) electrons. The van der Waals surface area contributed by atoms with Gasteiger partial charge in [-0.1, -0.05) is 6.07 Å². The number of aromatic carboxylic acids is 1. The van der Waals surface area contributed by atoms with Crippen LogP contribution in [-0.2, 0) is 6.98 Å². The molecule has 13 heavy (non-hydrogen) atoms. The Kier molecular flexibility index (Phi) is 1.02. The van der Waals surface area contributed by atoms with Crippen LogP contribution in [0.5, 0.6) is 0 Å². The van der Waals surface area contributed by atoms with Gasteiger partial charge in [0.1, 0.15) is 0 Å². The molecule has 0 aliphatic heterocycles. The van der Waals surface area contributed by atoms with Crippen LogP contribution in [0.25, 0.3) is 10.9 Å². The molecule has 0 fully saturated rings. The van der Waals surface area contributed by atoms with Crippen molar-refractivity contribution in [2.75, 3.05) is 0 Å². The fourth-order valence-corrected chi connectivity index (χ4v) is 1.35. The molecule has 1 aromatic heterocycles. The number of carbonyl (C=O) groups is 1. The third-order valence-electron chi connectivity index (χ3n) is 1.96. The van der Waals surface area contributed by atoms with Crippen LogP contribution in [0.1, 0.15) is 14.5 Å². The Labute approximate surface area is 79.4 Å². The second-order valence-corrected chi connectivity index (χ2v) is 2.73. The van der Waals surface area contributed by atoms with Crippen molar-refractivity contribution in [3.05, 3.63) is 36.0 Å². The van der Waals surface area contributed by atoms with Crippen LogP contribution in [-0.4, -0.2) is 15.6 Å². The average molecular weight is 178 g/mol. The summed E-state index contributed by atoms with van der Waals surface area (Å²) in [5, 5.41) is 9.38. The van der Waals surface area contributed by atoms with Gasteiger partial charge in [0.15, 0.2) is 0 Å². The molecule has 2 aromatic rings. The smallest absolute Gasteiger partial charge is 0.336 e. The summed E-state index contributed by atoms with van der Waals surface area (Å²) in [6.45, 7) is -2.29. The van der Waals surface area contributed by atoms with E-state index in [1.54, 1.807) is 6.07 Å². The van der Waals surface area contributed by atoms with Crippen molar-refractivity contribution in [2.45, 2.75) is 0 Å². The number of fused-ring (bicyclic) bond motifs is 1. The van der Waals surface area contributed by atoms with E-state index in [0.717, 1.165) is 4.57 Å². The van der Waals surface area contributed by atoms with Gasteiger partial charge in [-0.2, -0.15) is 0 Å². The van der Waals surface area contributed by atoms with Crippen LogP contribution >= 0.6 is 0 Å². The Morgan fingerprint density at radius 1 is 1.54 bits per heavy atom. The van der Waals surface area contributed by atoms with Crippen LogP contribution in [0.15, 0.2) is 30.5 Å². The summed E-state index contributed by atoms with van der Waals surface area (Å²) in [4.78, 5) is 10.9. The first-order chi connectivity index (χ1) is 7.41. The molecule has 0 aliphatic rings. The topological polar surface area (TPSA) is 42.2 Å². The number of carboxylic acid groups (broad SMARTS) is 1. The van der Waals surface area contributed by atoms with Gasteiger partial charge in [-0.25, -0.2) is 4.79 Å². The number of nitrogens with zero attached hydrogens (tertiary/aromatic N) is 1. The lowest BCUT2D eigenvalue weighted by atomic mass is 10.1. The van der Waals surface area contributed by atoms with Crippen LogP contribution in [0.4, 0.5) is 0 Å². The summed E-state index contributed by atoms with van der Waals surface area (Å²) in [5.41, 5.74) is 0.514. The second-order valence-electron chi connectivity index (χ2n) is 2.73. The van der Waals surface area contributed by atoms with Gasteiger partial charge in [0.05, 0.1) is 5.56 Å². The summed E-state index contributed by atoms with van der Waals surface area (Å²) in [6.07, 6.45) is 1.38. The highest BCUT2D eigenvalue weighted by Crippen LogP contribution is 2.18. The maximum Gasteiger partial charge on any atom is 0.336 e. The molecular weight excluding hydrogens is 166 g/mol. The third kappa shape index (κ3) is 1.09. The van der Waals surface area contributed by atoms with Gasteiger partial charge in [-0.15, -0.1) is 0 Å². The second kappa shape index (κ2) is 2.62. The van der Waals surface area contributed by atoms with Gasteiger partial charge in [-0.3, -0.25) is 0 Å². The summed E-state index contributed by atoms with van der Waals surface area (Å²) in [7, 11) is 0. The standard InChI is InChI=1S/C10H9NO2/c1-11-6-5-7-8(10(12)13)3-2-4-9(7)11/h2-6H,1H3,(H,12,13)/i1D3. The predicted octanol–water partition coefficient (Wildman–Crippen LogP) is 1.88. The third-order valence-corrected chi connectivity index (χ3v) is 1.96. The number of hydrogen-bond acceptors (Lipinski definition) is 1. The molecule has 0 amide bonds. The number of aryl methyl sites for hydroxylation is 1. The Hall–Kier alpha value is -1.77. The monoisotopic (exact) mass is 178 g/mol. The zero-order valence-electron chi connectivity index (χ0n) is 9.69. The van der Waals surface area contributed by atoms with E-state index in [9.17, 15) is 4.79 Å². The minimum absolute atomic E-state index is 0.112. The Morgan fingerprint density at radius 2 is 2.38 bits per heavy atom. The highest BCUT2D eigenvalue weighted by atomic mass is 16.4. The molecule has 1 heterocycles. The quantitative estimate of drug-likeness (QED) is 0.724. The lowest BCUT2D eigenvalue weighted by Crippen LogP contribution is -1.96. The van der Waals surface area contributed by atoms with Crippen molar-refractivity contribution in [1.82, 2.24) is 4.57 Å². The van der Waals surface area contributed by atoms with Crippen molar-refractivity contribution in [3.63, 3.8) is 0 Å². The number of aromatic nitrogens is 1. The molecule has 1 N–H and O–H groups in total. The van der Waals surface area contributed by atoms with Gasteiger partial charge in [-0.05, 0) is 18.2 Å². The number of benzene rings is 1. The molecule has 3 nitrogen and oxygen atoms in total. The average Bonchev–Trinajstić information content (AvgIpc) is 2.59. The molecule has 66 valence electrons. The summed E-state index contributed by atoms with van der Waals surface area (Å²) < 4.78 is 23.0. The van der Waals surface area contributed by atoms with E-state index in [2.05, 4.69) is 0 Å².